The first-order valence-corrected chi connectivity index (χ1v) is 7.49. The minimum Gasteiger partial charge on any atom is -0.329 e. The molecule has 0 rings (SSSR count). The first kappa shape index (κ1) is 16.3. The molecule has 0 aromatic carbocycles. The average molecular weight is 246 g/mol. The molecule has 98 valence electrons. The lowest BCUT2D eigenvalue weighted by atomic mass is 9.86. The van der Waals surface area contributed by atoms with Crippen LogP contribution in [0.15, 0.2) is 0 Å². The molecule has 2 atom stereocenters. The van der Waals surface area contributed by atoms with Crippen molar-refractivity contribution in [2.75, 3.05) is 25.1 Å². The van der Waals surface area contributed by atoms with E-state index in [1.54, 1.807) is 0 Å². The third-order valence-electron chi connectivity index (χ3n) is 3.51. The summed E-state index contributed by atoms with van der Waals surface area (Å²) in [5.41, 5.74) is 6.21. The van der Waals surface area contributed by atoms with Crippen molar-refractivity contribution in [3.63, 3.8) is 0 Å². The SMILES string of the molecule is CCSCCC(CN)N(C)C(C)C(C)(C)C. The van der Waals surface area contributed by atoms with E-state index in [9.17, 15) is 0 Å². The Morgan fingerprint density at radius 2 is 1.88 bits per heavy atom. The Balaban J connectivity index is 4.24. The smallest absolute Gasteiger partial charge is 0.0226 e. The molecule has 3 heteroatoms. The minimum absolute atomic E-state index is 0.320. The van der Waals surface area contributed by atoms with E-state index in [4.69, 9.17) is 5.73 Å². The molecule has 2 unspecified atom stereocenters. The number of nitrogens with zero attached hydrogens (tertiary/aromatic N) is 1. The molecule has 0 saturated carbocycles. The summed E-state index contributed by atoms with van der Waals surface area (Å²) in [5, 5.41) is 0. The summed E-state index contributed by atoms with van der Waals surface area (Å²) < 4.78 is 0. The van der Waals surface area contributed by atoms with Crippen LogP contribution >= 0.6 is 11.8 Å². The molecule has 0 aliphatic rings. The first-order valence-electron chi connectivity index (χ1n) is 6.34. The van der Waals surface area contributed by atoms with Gasteiger partial charge in [-0.3, -0.25) is 4.90 Å². The van der Waals surface area contributed by atoms with Crippen molar-refractivity contribution < 1.29 is 0 Å². The van der Waals surface area contributed by atoms with Crippen LogP contribution < -0.4 is 5.73 Å². The molecule has 16 heavy (non-hydrogen) atoms. The van der Waals surface area contributed by atoms with Gasteiger partial charge in [-0.25, -0.2) is 0 Å². The first-order chi connectivity index (χ1) is 7.34. The predicted octanol–water partition coefficient (Wildman–Crippen LogP) is 2.82. The van der Waals surface area contributed by atoms with Crippen molar-refractivity contribution in [2.45, 2.75) is 53.1 Å². The lowest BCUT2D eigenvalue weighted by Crippen LogP contribution is -2.48. The molecule has 0 aliphatic carbocycles. The van der Waals surface area contributed by atoms with Crippen LogP contribution in [0.4, 0.5) is 0 Å². The summed E-state index contributed by atoms with van der Waals surface area (Å²) >= 11 is 2.01. The quantitative estimate of drug-likeness (QED) is 0.701. The van der Waals surface area contributed by atoms with Gasteiger partial charge in [-0.1, -0.05) is 27.7 Å². The summed E-state index contributed by atoms with van der Waals surface area (Å²) in [7, 11) is 2.21. The fourth-order valence-corrected chi connectivity index (χ4v) is 2.51. The summed E-state index contributed by atoms with van der Waals surface area (Å²) in [6.07, 6.45) is 1.20. The third-order valence-corrected chi connectivity index (χ3v) is 4.44. The number of hydrogen-bond acceptors (Lipinski definition) is 3. The molecule has 0 radical (unpaired) electrons. The maximum absolute atomic E-state index is 5.89. The predicted molar refractivity (Wildman–Crippen MR) is 77.1 cm³/mol. The van der Waals surface area contributed by atoms with Gasteiger partial charge in [0, 0.05) is 18.6 Å². The van der Waals surface area contributed by atoms with Crippen molar-refractivity contribution in [1.29, 1.82) is 0 Å². The highest BCUT2D eigenvalue weighted by molar-refractivity contribution is 7.99. The summed E-state index contributed by atoms with van der Waals surface area (Å²) in [5.74, 6) is 2.43. The van der Waals surface area contributed by atoms with Crippen molar-refractivity contribution in [3.05, 3.63) is 0 Å². The van der Waals surface area contributed by atoms with Gasteiger partial charge in [-0.2, -0.15) is 11.8 Å². The van der Waals surface area contributed by atoms with Gasteiger partial charge in [0.1, 0.15) is 0 Å². The molecule has 0 saturated heterocycles. The van der Waals surface area contributed by atoms with E-state index >= 15 is 0 Å². The van der Waals surface area contributed by atoms with Gasteiger partial charge in [0.15, 0.2) is 0 Å². The number of hydrogen-bond donors (Lipinski definition) is 1. The topological polar surface area (TPSA) is 29.3 Å². The molecule has 0 aromatic heterocycles. The second-order valence-electron chi connectivity index (χ2n) is 5.58. The van der Waals surface area contributed by atoms with E-state index in [1.165, 1.54) is 17.9 Å². The number of nitrogens with two attached hydrogens (primary N) is 1. The zero-order valence-electron chi connectivity index (χ0n) is 11.9. The standard InChI is InChI=1S/C13H30N2S/c1-7-16-9-8-12(10-14)15(6)11(2)13(3,4)5/h11-12H,7-10,14H2,1-6H3. The summed E-state index contributed by atoms with van der Waals surface area (Å²) in [6.45, 7) is 12.2. The second-order valence-corrected chi connectivity index (χ2v) is 6.98. The Labute approximate surface area is 106 Å². The van der Waals surface area contributed by atoms with Gasteiger partial charge >= 0.3 is 0 Å². The van der Waals surface area contributed by atoms with Crippen LogP contribution in [0.1, 0.15) is 41.0 Å². The number of rotatable bonds is 7. The van der Waals surface area contributed by atoms with Crippen molar-refractivity contribution >= 4 is 11.8 Å². The van der Waals surface area contributed by atoms with Gasteiger partial charge in [-0.05, 0) is 37.3 Å². The van der Waals surface area contributed by atoms with Crippen LogP contribution in [0.5, 0.6) is 0 Å². The normalized spacial score (nSPS) is 16.5. The van der Waals surface area contributed by atoms with Crippen molar-refractivity contribution in [1.82, 2.24) is 4.90 Å². The summed E-state index contributed by atoms with van der Waals surface area (Å²) in [6, 6.07) is 1.08. The summed E-state index contributed by atoms with van der Waals surface area (Å²) in [4.78, 5) is 2.45. The Morgan fingerprint density at radius 3 is 2.25 bits per heavy atom. The highest BCUT2D eigenvalue weighted by Gasteiger charge is 2.27. The number of thioether (sulfide) groups is 1. The highest BCUT2D eigenvalue weighted by Crippen LogP contribution is 2.25. The monoisotopic (exact) mass is 246 g/mol. The van der Waals surface area contributed by atoms with Gasteiger partial charge in [-0.15, -0.1) is 0 Å². The van der Waals surface area contributed by atoms with E-state index in [0.29, 0.717) is 17.5 Å². The van der Waals surface area contributed by atoms with Gasteiger partial charge in [0.25, 0.3) is 0 Å². The zero-order valence-corrected chi connectivity index (χ0v) is 12.7. The molecule has 0 aromatic rings. The highest BCUT2D eigenvalue weighted by atomic mass is 32.2. The van der Waals surface area contributed by atoms with E-state index in [2.05, 4.69) is 46.6 Å². The van der Waals surface area contributed by atoms with Crippen molar-refractivity contribution in [2.24, 2.45) is 11.1 Å². The Kier molecular flexibility index (Phi) is 7.70. The Hall–Kier alpha value is 0.270. The molecule has 2 nitrogen and oxygen atoms in total. The van der Waals surface area contributed by atoms with Gasteiger partial charge < -0.3 is 5.73 Å². The fourth-order valence-electron chi connectivity index (χ4n) is 1.78. The van der Waals surface area contributed by atoms with Crippen LogP contribution in [0.3, 0.4) is 0 Å². The largest absolute Gasteiger partial charge is 0.329 e. The molecule has 0 heterocycles. The van der Waals surface area contributed by atoms with E-state index in [-0.39, 0.29) is 0 Å². The Morgan fingerprint density at radius 1 is 1.31 bits per heavy atom. The average Bonchev–Trinajstić information content (AvgIpc) is 2.21. The van der Waals surface area contributed by atoms with Crippen LogP contribution in [0, 0.1) is 5.41 Å². The zero-order chi connectivity index (χ0) is 12.8. The molecular formula is C13H30N2S. The Bertz CT molecular complexity index is 177. The molecule has 2 N–H and O–H groups in total. The lowest BCUT2D eigenvalue weighted by molar-refractivity contribution is 0.0987. The molecule has 0 spiro atoms. The van der Waals surface area contributed by atoms with E-state index < -0.39 is 0 Å². The maximum atomic E-state index is 5.89. The maximum Gasteiger partial charge on any atom is 0.0226 e. The van der Waals surface area contributed by atoms with Crippen LogP contribution in [-0.4, -0.2) is 42.1 Å². The lowest BCUT2D eigenvalue weighted by Gasteiger charge is -2.40. The van der Waals surface area contributed by atoms with Crippen molar-refractivity contribution in [3.8, 4) is 0 Å². The van der Waals surface area contributed by atoms with Crippen LogP contribution in [-0.2, 0) is 0 Å². The molecule has 0 fully saturated rings. The van der Waals surface area contributed by atoms with Gasteiger partial charge in [0.05, 0.1) is 0 Å². The third kappa shape index (κ3) is 5.55. The van der Waals surface area contributed by atoms with E-state index in [0.717, 1.165) is 6.54 Å². The fraction of sp³-hybridized carbons (Fsp3) is 1.00. The van der Waals surface area contributed by atoms with Gasteiger partial charge in [0.2, 0.25) is 0 Å². The molecule has 0 amide bonds. The molecule has 0 bridgehead atoms. The van der Waals surface area contributed by atoms with Crippen LogP contribution in [0.2, 0.25) is 0 Å². The molecule has 0 aliphatic heterocycles. The van der Waals surface area contributed by atoms with E-state index in [1.807, 2.05) is 11.8 Å². The van der Waals surface area contributed by atoms with Crippen LogP contribution in [0.25, 0.3) is 0 Å². The molecular weight excluding hydrogens is 216 g/mol. The number of likely N-dealkylation sites (N-methyl/N-ethyl adjacent to an activating group) is 1. The minimum atomic E-state index is 0.320. The second kappa shape index (κ2) is 7.57.